The first-order valence-electron chi connectivity index (χ1n) is 8.60. The number of nitrogens with one attached hydrogen (secondary N) is 1. The van der Waals surface area contributed by atoms with Gasteiger partial charge in [-0.25, -0.2) is 5.43 Å². The van der Waals surface area contributed by atoms with Crippen LogP contribution < -0.4 is 14.9 Å². The van der Waals surface area contributed by atoms with Gasteiger partial charge < -0.3 is 9.47 Å². The van der Waals surface area contributed by atoms with E-state index in [1.165, 1.54) is 6.21 Å². The molecule has 0 fully saturated rings. The first kappa shape index (κ1) is 19.5. The van der Waals surface area contributed by atoms with Gasteiger partial charge in [0.25, 0.3) is 5.91 Å². The highest BCUT2D eigenvalue weighted by Gasteiger charge is 2.10. The Labute approximate surface area is 168 Å². The Hall–Kier alpha value is -3.31. The van der Waals surface area contributed by atoms with Crippen LogP contribution in [0, 0.1) is 0 Å². The highest BCUT2D eigenvalue weighted by Crippen LogP contribution is 2.30. The lowest BCUT2D eigenvalue weighted by Gasteiger charge is -2.13. The van der Waals surface area contributed by atoms with Gasteiger partial charge in [0.15, 0.2) is 11.5 Å². The van der Waals surface area contributed by atoms with Gasteiger partial charge in [-0.2, -0.15) is 5.10 Å². The maximum Gasteiger partial charge on any atom is 0.271 e. The number of rotatable bonds is 7. The maximum atomic E-state index is 12.1. The van der Waals surface area contributed by atoms with E-state index in [1.807, 2.05) is 48.5 Å². The summed E-state index contributed by atoms with van der Waals surface area (Å²) >= 11 is 5.83. The average molecular weight is 395 g/mol. The van der Waals surface area contributed by atoms with Gasteiger partial charge in [0.2, 0.25) is 0 Å². The molecule has 0 saturated carbocycles. The summed E-state index contributed by atoms with van der Waals surface area (Å²) in [7, 11) is 1.58. The molecule has 0 bridgehead atoms. The van der Waals surface area contributed by atoms with E-state index in [2.05, 4.69) is 10.5 Å². The summed E-state index contributed by atoms with van der Waals surface area (Å²) in [6.07, 6.45) is 1.52. The molecule has 0 aliphatic carbocycles. The second-order valence-corrected chi connectivity index (χ2v) is 6.30. The summed E-state index contributed by atoms with van der Waals surface area (Å²) in [6.45, 7) is 0.388. The van der Waals surface area contributed by atoms with Crippen LogP contribution in [-0.2, 0) is 6.61 Å². The molecule has 0 aliphatic heterocycles. The lowest BCUT2D eigenvalue weighted by Crippen LogP contribution is -2.17. The van der Waals surface area contributed by atoms with Crippen LogP contribution in [0.1, 0.15) is 21.5 Å². The fourth-order valence-corrected chi connectivity index (χ4v) is 2.63. The summed E-state index contributed by atoms with van der Waals surface area (Å²) < 4.78 is 11.4. The minimum Gasteiger partial charge on any atom is -0.493 e. The Morgan fingerprint density at radius 2 is 1.79 bits per heavy atom. The smallest absolute Gasteiger partial charge is 0.271 e. The van der Waals surface area contributed by atoms with E-state index in [0.29, 0.717) is 34.3 Å². The van der Waals surface area contributed by atoms with E-state index >= 15 is 0 Å². The van der Waals surface area contributed by atoms with E-state index in [4.69, 9.17) is 21.1 Å². The van der Waals surface area contributed by atoms with Gasteiger partial charge in [0.05, 0.1) is 13.3 Å². The molecule has 0 aromatic heterocycles. The molecule has 0 spiro atoms. The van der Waals surface area contributed by atoms with Gasteiger partial charge in [-0.1, -0.05) is 48.0 Å². The Morgan fingerprint density at radius 3 is 2.50 bits per heavy atom. The number of hydrazone groups is 1. The number of benzene rings is 3. The van der Waals surface area contributed by atoms with Crippen molar-refractivity contribution in [2.45, 2.75) is 6.61 Å². The van der Waals surface area contributed by atoms with Crippen LogP contribution >= 0.6 is 11.6 Å². The Kier molecular flexibility index (Phi) is 6.65. The minimum atomic E-state index is -0.331. The quantitative estimate of drug-likeness (QED) is 0.467. The predicted octanol–water partition coefficient (Wildman–Crippen LogP) is 4.69. The van der Waals surface area contributed by atoms with Crippen molar-refractivity contribution in [2.75, 3.05) is 7.11 Å². The van der Waals surface area contributed by atoms with Crippen LogP contribution in [0.4, 0.5) is 0 Å². The first-order chi connectivity index (χ1) is 13.7. The highest BCUT2D eigenvalue weighted by atomic mass is 35.5. The summed E-state index contributed by atoms with van der Waals surface area (Å²) in [5.74, 6) is 0.810. The van der Waals surface area contributed by atoms with E-state index < -0.39 is 0 Å². The monoisotopic (exact) mass is 394 g/mol. The van der Waals surface area contributed by atoms with Crippen LogP contribution in [-0.4, -0.2) is 19.2 Å². The van der Waals surface area contributed by atoms with E-state index in [-0.39, 0.29) is 5.91 Å². The molecule has 3 aromatic rings. The first-order valence-corrected chi connectivity index (χ1v) is 8.98. The Balaban J connectivity index is 1.72. The molecule has 0 heterocycles. The molecule has 1 amide bonds. The molecule has 142 valence electrons. The van der Waals surface area contributed by atoms with Crippen molar-refractivity contribution in [1.82, 2.24) is 5.43 Å². The zero-order valence-electron chi connectivity index (χ0n) is 15.3. The number of carbonyl (C=O) groups excluding carboxylic acids is 1. The highest BCUT2D eigenvalue weighted by molar-refractivity contribution is 6.30. The topological polar surface area (TPSA) is 59.9 Å². The number of hydrogen-bond acceptors (Lipinski definition) is 4. The molecule has 6 heteroatoms. The Bertz CT molecular complexity index is 957. The molecule has 5 nitrogen and oxygen atoms in total. The molecule has 0 unspecified atom stereocenters. The normalized spacial score (nSPS) is 10.6. The third kappa shape index (κ3) is 5.11. The summed E-state index contributed by atoms with van der Waals surface area (Å²) in [5.41, 5.74) is 4.68. The summed E-state index contributed by atoms with van der Waals surface area (Å²) in [6, 6.07) is 21.9. The van der Waals surface area contributed by atoms with Gasteiger partial charge in [0, 0.05) is 16.1 Å². The van der Waals surface area contributed by atoms with Crippen molar-refractivity contribution in [2.24, 2.45) is 5.10 Å². The number of ether oxygens (including phenoxy) is 2. The van der Waals surface area contributed by atoms with Crippen LogP contribution in [0.25, 0.3) is 0 Å². The minimum absolute atomic E-state index is 0.331. The number of amides is 1. The maximum absolute atomic E-state index is 12.1. The van der Waals surface area contributed by atoms with Gasteiger partial charge in [-0.3, -0.25) is 4.79 Å². The molecule has 0 atom stereocenters. The number of methoxy groups -OCH3 is 1. The number of nitrogens with zero attached hydrogens (tertiary/aromatic N) is 1. The zero-order valence-corrected chi connectivity index (χ0v) is 16.0. The molecule has 0 radical (unpaired) electrons. The second kappa shape index (κ2) is 9.58. The summed E-state index contributed by atoms with van der Waals surface area (Å²) in [5, 5.41) is 4.60. The van der Waals surface area contributed by atoms with Crippen molar-refractivity contribution >= 4 is 23.7 Å². The van der Waals surface area contributed by atoms with E-state index in [1.54, 1.807) is 31.4 Å². The number of halogens is 1. The molecule has 0 aliphatic rings. The van der Waals surface area contributed by atoms with E-state index in [9.17, 15) is 4.79 Å². The van der Waals surface area contributed by atoms with Gasteiger partial charge in [-0.05, 0) is 42.0 Å². The van der Waals surface area contributed by atoms with E-state index in [0.717, 1.165) is 5.56 Å². The SMILES string of the molecule is COc1cccc(/C=N/NC(=O)c2ccc(Cl)cc2)c1OCc1ccccc1. The molecule has 3 aromatic carbocycles. The number of hydrogen-bond donors (Lipinski definition) is 1. The standard InChI is InChI=1S/C22H19ClN2O3/c1-27-20-9-5-8-18(21(20)28-15-16-6-3-2-4-7-16)14-24-25-22(26)17-10-12-19(23)13-11-17/h2-14H,15H2,1H3,(H,25,26)/b24-14+. The third-order valence-electron chi connectivity index (χ3n) is 3.93. The second-order valence-electron chi connectivity index (χ2n) is 5.86. The van der Waals surface area contributed by atoms with Crippen molar-refractivity contribution in [1.29, 1.82) is 0 Å². The predicted molar refractivity (Wildman–Crippen MR) is 110 cm³/mol. The zero-order chi connectivity index (χ0) is 19.8. The van der Waals surface area contributed by atoms with Crippen LogP contribution in [0.5, 0.6) is 11.5 Å². The molecule has 1 N–H and O–H groups in total. The Morgan fingerprint density at radius 1 is 1.04 bits per heavy atom. The van der Waals surface area contributed by atoms with Gasteiger partial charge in [0.1, 0.15) is 6.61 Å². The van der Waals surface area contributed by atoms with Crippen molar-refractivity contribution < 1.29 is 14.3 Å². The molecule has 0 saturated heterocycles. The van der Waals surface area contributed by atoms with Crippen LogP contribution in [0.2, 0.25) is 5.02 Å². The van der Waals surface area contributed by atoms with Crippen molar-refractivity contribution in [3.8, 4) is 11.5 Å². The van der Waals surface area contributed by atoms with Gasteiger partial charge >= 0.3 is 0 Å². The summed E-state index contributed by atoms with van der Waals surface area (Å²) in [4.78, 5) is 12.1. The largest absolute Gasteiger partial charge is 0.493 e. The number of carbonyl (C=O) groups is 1. The molecule has 3 rings (SSSR count). The molecular weight excluding hydrogens is 376 g/mol. The number of para-hydroxylation sites is 1. The lowest BCUT2D eigenvalue weighted by molar-refractivity contribution is 0.0955. The van der Waals surface area contributed by atoms with Crippen molar-refractivity contribution in [3.63, 3.8) is 0 Å². The van der Waals surface area contributed by atoms with Gasteiger partial charge in [-0.15, -0.1) is 0 Å². The van der Waals surface area contributed by atoms with Crippen LogP contribution in [0.3, 0.4) is 0 Å². The fraction of sp³-hybridized carbons (Fsp3) is 0.0909. The molecular formula is C22H19ClN2O3. The fourth-order valence-electron chi connectivity index (χ4n) is 2.51. The van der Waals surface area contributed by atoms with Crippen LogP contribution in [0.15, 0.2) is 77.9 Å². The lowest BCUT2D eigenvalue weighted by atomic mass is 10.2. The van der Waals surface area contributed by atoms with Crippen molar-refractivity contribution in [3.05, 3.63) is 94.5 Å². The third-order valence-corrected chi connectivity index (χ3v) is 4.18. The average Bonchev–Trinajstić information content (AvgIpc) is 2.73. The molecule has 28 heavy (non-hydrogen) atoms.